The van der Waals surface area contributed by atoms with E-state index in [1.165, 1.54) is 18.2 Å². The SMILES string of the molecule is O=S(=O)(NCC1CC(F)(F)C1)c1ccc(N[C@@H]2CO[C@H](C(F)(F)F)C2)cc1Cl. The van der Waals surface area contributed by atoms with Crippen LogP contribution in [0.2, 0.25) is 5.02 Å². The molecular formula is C16H18ClF5N2O3S. The van der Waals surface area contributed by atoms with Crippen molar-refractivity contribution in [3.8, 4) is 0 Å². The first-order valence-corrected chi connectivity index (χ1v) is 10.3. The zero-order chi connectivity index (χ0) is 20.7. The Hall–Kier alpha value is -1.17. The summed E-state index contributed by atoms with van der Waals surface area (Å²) in [7, 11) is -4.00. The highest BCUT2D eigenvalue weighted by atomic mass is 35.5. The second kappa shape index (κ2) is 7.58. The van der Waals surface area contributed by atoms with E-state index in [1.54, 1.807) is 0 Å². The van der Waals surface area contributed by atoms with E-state index in [1.807, 2.05) is 0 Å². The molecule has 158 valence electrons. The van der Waals surface area contributed by atoms with Crippen molar-refractivity contribution < 1.29 is 35.1 Å². The maximum atomic E-state index is 12.8. The number of benzene rings is 1. The highest BCUT2D eigenvalue weighted by molar-refractivity contribution is 7.89. The molecule has 0 spiro atoms. The van der Waals surface area contributed by atoms with Crippen molar-refractivity contribution in [2.24, 2.45) is 5.92 Å². The fourth-order valence-electron chi connectivity index (χ4n) is 3.23. The normalized spacial score (nSPS) is 25.5. The number of halogens is 6. The van der Waals surface area contributed by atoms with Gasteiger partial charge >= 0.3 is 6.18 Å². The van der Waals surface area contributed by atoms with Gasteiger partial charge in [-0.05, 0) is 24.1 Å². The largest absolute Gasteiger partial charge is 0.414 e. The van der Waals surface area contributed by atoms with Gasteiger partial charge in [0.1, 0.15) is 4.90 Å². The topological polar surface area (TPSA) is 67.4 Å². The van der Waals surface area contributed by atoms with Gasteiger partial charge in [0, 0.05) is 31.5 Å². The number of hydrogen-bond acceptors (Lipinski definition) is 4. The van der Waals surface area contributed by atoms with E-state index in [2.05, 4.69) is 10.0 Å². The quantitative estimate of drug-likeness (QED) is 0.650. The molecule has 0 unspecified atom stereocenters. The van der Waals surface area contributed by atoms with Crippen LogP contribution in [0.15, 0.2) is 23.1 Å². The minimum absolute atomic E-state index is 0.119. The van der Waals surface area contributed by atoms with Gasteiger partial charge in [0.15, 0.2) is 6.10 Å². The number of rotatable bonds is 6. The van der Waals surface area contributed by atoms with Crippen molar-refractivity contribution >= 4 is 27.3 Å². The molecule has 0 bridgehead atoms. The van der Waals surface area contributed by atoms with E-state index in [-0.39, 0.29) is 42.3 Å². The summed E-state index contributed by atoms with van der Waals surface area (Å²) in [4.78, 5) is -0.235. The molecule has 1 aliphatic heterocycles. The average Bonchev–Trinajstić information content (AvgIpc) is 2.99. The maximum Gasteiger partial charge on any atom is 0.414 e. The van der Waals surface area contributed by atoms with Gasteiger partial charge in [-0.15, -0.1) is 0 Å². The summed E-state index contributed by atoms with van der Waals surface area (Å²) < 4.78 is 95.2. The Labute approximate surface area is 163 Å². The van der Waals surface area contributed by atoms with Crippen molar-refractivity contribution in [3.05, 3.63) is 23.2 Å². The third-order valence-corrected chi connectivity index (χ3v) is 6.60. The molecule has 2 atom stereocenters. The molecule has 12 heteroatoms. The summed E-state index contributed by atoms with van der Waals surface area (Å²) in [5.41, 5.74) is 0.346. The van der Waals surface area contributed by atoms with Crippen LogP contribution >= 0.6 is 11.6 Å². The summed E-state index contributed by atoms with van der Waals surface area (Å²) in [5, 5.41) is 2.70. The van der Waals surface area contributed by atoms with Gasteiger partial charge in [-0.25, -0.2) is 21.9 Å². The molecule has 28 heavy (non-hydrogen) atoms. The lowest BCUT2D eigenvalue weighted by atomic mass is 9.82. The summed E-state index contributed by atoms with van der Waals surface area (Å²) in [5.74, 6) is -3.18. The van der Waals surface area contributed by atoms with Crippen molar-refractivity contribution in [2.45, 2.75) is 48.4 Å². The number of anilines is 1. The average molecular weight is 449 g/mol. The lowest BCUT2D eigenvalue weighted by molar-refractivity contribution is -0.206. The molecule has 1 aliphatic carbocycles. The summed E-state index contributed by atoms with van der Waals surface area (Å²) in [6.07, 6.45) is -7.29. The van der Waals surface area contributed by atoms with Crippen molar-refractivity contribution in [1.82, 2.24) is 4.72 Å². The number of sulfonamides is 1. The zero-order valence-electron chi connectivity index (χ0n) is 14.4. The van der Waals surface area contributed by atoms with Crippen LogP contribution in [0.3, 0.4) is 0 Å². The predicted molar refractivity (Wildman–Crippen MR) is 92.1 cm³/mol. The summed E-state index contributed by atoms with van der Waals surface area (Å²) in [6, 6.07) is 3.27. The molecule has 1 aromatic carbocycles. The smallest absolute Gasteiger partial charge is 0.380 e. The van der Waals surface area contributed by atoms with Crippen LogP contribution in [0, 0.1) is 5.92 Å². The standard InChI is InChI=1S/C16H18ClF5N2O3S/c17-12-3-10(24-11-4-14(27-8-11)16(20,21)22)1-2-13(12)28(25,26)23-7-9-5-15(18,19)6-9/h1-3,9,11,14,23-24H,4-8H2/t11-,14-/m0/s1. The van der Waals surface area contributed by atoms with Crippen molar-refractivity contribution in [2.75, 3.05) is 18.5 Å². The molecule has 0 amide bonds. The lowest BCUT2D eigenvalue weighted by Gasteiger charge is -2.34. The minimum atomic E-state index is -4.44. The molecular weight excluding hydrogens is 431 g/mol. The monoisotopic (exact) mass is 448 g/mol. The molecule has 1 saturated carbocycles. The van der Waals surface area contributed by atoms with E-state index in [4.69, 9.17) is 16.3 Å². The van der Waals surface area contributed by atoms with Crippen LogP contribution in [0.1, 0.15) is 19.3 Å². The van der Waals surface area contributed by atoms with Gasteiger partial charge in [0.05, 0.1) is 17.7 Å². The van der Waals surface area contributed by atoms with E-state index in [0.29, 0.717) is 5.69 Å². The second-order valence-electron chi connectivity index (χ2n) is 7.07. The Morgan fingerprint density at radius 1 is 1.25 bits per heavy atom. The van der Waals surface area contributed by atoms with Crippen molar-refractivity contribution in [3.63, 3.8) is 0 Å². The Bertz CT molecular complexity index is 826. The molecule has 0 radical (unpaired) electrons. The molecule has 3 rings (SSSR count). The number of nitrogens with one attached hydrogen (secondary N) is 2. The first-order chi connectivity index (χ1) is 12.9. The highest BCUT2D eigenvalue weighted by Gasteiger charge is 2.46. The van der Waals surface area contributed by atoms with Gasteiger partial charge in [0.25, 0.3) is 0 Å². The molecule has 1 saturated heterocycles. The van der Waals surface area contributed by atoms with E-state index >= 15 is 0 Å². The molecule has 1 aromatic rings. The molecule has 5 nitrogen and oxygen atoms in total. The molecule has 2 N–H and O–H groups in total. The zero-order valence-corrected chi connectivity index (χ0v) is 16.0. The van der Waals surface area contributed by atoms with Crippen LogP contribution in [0.25, 0.3) is 0 Å². The second-order valence-corrected chi connectivity index (χ2v) is 9.21. The van der Waals surface area contributed by atoms with Gasteiger partial charge in [-0.1, -0.05) is 11.6 Å². The van der Waals surface area contributed by atoms with Crippen LogP contribution in [-0.4, -0.2) is 45.8 Å². The van der Waals surface area contributed by atoms with Crippen LogP contribution < -0.4 is 10.0 Å². The summed E-state index contributed by atoms with van der Waals surface area (Å²) in [6.45, 7) is -0.262. The van der Waals surface area contributed by atoms with Gasteiger partial charge < -0.3 is 10.1 Å². The van der Waals surface area contributed by atoms with Gasteiger partial charge in [0.2, 0.25) is 15.9 Å². The third-order valence-electron chi connectivity index (χ3n) is 4.69. The van der Waals surface area contributed by atoms with Crippen LogP contribution in [-0.2, 0) is 14.8 Å². The Morgan fingerprint density at radius 3 is 2.46 bits per heavy atom. The fraction of sp³-hybridized carbons (Fsp3) is 0.625. The van der Waals surface area contributed by atoms with Crippen LogP contribution in [0.5, 0.6) is 0 Å². The number of ether oxygens (including phenoxy) is 1. The summed E-state index contributed by atoms with van der Waals surface area (Å²) >= 11 is 6.02. The minimum Gasteiger partial charge on any atom is -0.380 e. The lowest BCUT2D eigenvalue weighted by Crippen LogP contribution is -2.42. The first kappa shape index (κ1) is 21.5. The fourth-order valence-corrected chi connectivity index (χ4v) is 4.89. The molecule has 2 aliphatic rings. The van der Waals surface area contributed by atoms with Gasteiger partial charge in [-0.3, -0.25) is 0 Å². The highest BCUT2D eigenvalue weighted by Crippen LogP contribution is 2.42. The van der Waals surface area contributed by atoms with Crippen LogP contribution in [0.4, 0.5) is 27.6 Å². The molecule has 2 fully saturated rings. The molecule has 0 aromatic heterocycles. The van der Waals surface area contributed by atoms with E-state index in [0.717, 1.165) is 0 Å². The van der Waals surface area contributed by atoms with E-state index in [9.17, 15) is 30.4 Å². The van der Waals surface area contributed by atoms with Crippen molar-refractivity contribution in [1.29, 1.82) is 0 Å². The predicted octanol–water partition coefficient (Wildman–Crippen LogP) is 3.80. The van der Waals surface area contributed by atoms with Gasteiger partial charge in [-0.2, -0.15) is 13.2 Å². The number of alkyl halides is 5. The Morgan fingerprint density at radius 2 is 1.93 bits per heavy atom. The number of hydrogen-bond donors (Lipinski definition) is 2. The first-order valence-electron chi connectivity index (χ1n) is 8.48. The Kier molecular flexibility index (Phi) is 5.83. The van der Waals surface area contributed by atoms with E-state index < -0.39 is 40.2 Å². The maximum absolute atomic E-state index is 12.8. The molecule has 1 heterocycles. The Balaban J connectivity index is 1.59. The third kappa shape index (κ3) is 5.05.